The highest BCUT2D eigenvalue weighted by atomic mass is 32.1. The Morgan fingerprint density at radius 3 is 2.70 bits per heavy atom. The average molecular weight is 341 g/mol. The first-order valence-corrected chi connectivity index (χ1v) is 8.90. The number of ketones is 1. The average Bonchev–Trinajstić information content (AvgIpc) is 3.23. The molecule has 2 heterocycles. The second kappa shape index (κ2) is 6.89. The number of amides is 1. The van der Waals surface area contributed by atoms with Crippen LogP contribution in [0.4, 0.5) is 0 Å². The van der Waals surface area contributed by atoms with Crippen LogP contribution < -0.4 is 5.32 Å². The van der Waals surface area contributed by atoms with E-state index < -0.39 is 0 Å². The highest BCUT2D eigenvalue weighted by Crippen LogP contribution is 2.21. The fourth-order valence-electron chi connectivity index (χ4n) is 2.19. The Morgan fingerprint density at radius 2 is 1.96 bits per heavy atom. The van der Waals surface area contributed by atoms with Crippen LogP contribution in [0.2, 0.25) is 0 Å². The molecule has 0 aliphatic carbocycles. The van der Waals surface area contributed by atoms with Crippen molar-refractivity contribution in [2.75, 3.05) is 0 Å². The van der Waals surface area contributed by atoms with Crippen molar-refractivity contribution in [1.82, 2.24) is 5.32 Å². The van der Waals surface area contributed by atoms with E-state index in [-0.39, 0.29) is 11.7 Å². The number of hydrogen-bond acceptors (Lipinski definition) is 4. The lowest BCUT2D eigenvalue weighted by molar-refractivity contribution is 0.0950. The van der Waals surface area contributed by atoms with Crippen molar-refractivity contribution >= 4 is 34.4 Å². The van der Waals surface area contributed by atoms with Crippen molar-refractivity contribution in [2.45, 2.75) is 13.5 Å². The second-order valence-corrected chi connectivity index (χ2v) is 7.11. The van der Waals surface area contributed by atoms with Gasteiger partial charge in [0.15, 0.2) is 0 Å². The second-order valence-electron chi connectivity index (χ2n) is 5.16. The van der Waals surface area contributed by atoms with Crippen molar-refractivity contribution in [3.8, 4) is 0 Å². The highest BCUT2D eigenvalue weighted by molar-refractivity contribution is 7.14. The summed E-state index contributed by atoms with van der Waals surface area (Å²) in [5.74, 6) is -0.0691. The zero-order valence-corrected chi connectivity index (χ0v) is 14.2. The molecule has 23 heavy (non-hydrogen) atoms. The largest absolute Gasteiger partial charge is 0.347 e. The summed E-state index contributed by atoms with van der Waals surface area (Å²) < 4.78 is 0. The molecule has 0 saturated carbocycles. The van der Waals surface area contributed by atoms with Crippen molar-refractivity contribution in [3.05, 3.63) is 79.7 Å². The molecule has 0 aliphatic heterocycles. The molecule has 0 saturated heterocycles. The van der Waals surface area contributed by atoms with Gasteiger partial charge in [0, 0.05) is 21.4 Å². The van der Waals surface area contributed by atoms with E-state index in [1.54, 1.807) is 6.07 Å². The fraction of sp³-hybridized carbons (Fsp3) is 0.111. The Bertz CT molecular complexity index is 834. The summed E-state index contributed by atoms with van der Waals surface area (Å²) >= 11 is 2.93. The van der Waals surface area contributed by atoms with Crippen molar-refractivity contribution in [2.24, 2.45) is 0 Å². The van der Waals surface area contributed by atoms with Gasteiger partial charge in [-0.15, -0.1) is 11.3 Å². The Morgan fingerprint density at radius 1 is 1.09 bits per heavy atom. The third kappa shape index (κ3) is 3.75. The minimum Gasteiger partial charge on any atom is -0.347 e. The van der Waals surface area contributed by atoms with Crippen LogP contribution in [0.25, 0.3) is 0 Å². The predicted molar refractivity (Wildman–Crippen MR) is 94.4 cm³/mol. The van der Waals surface area contributed by atoms with E-state index in [0.717, 1.165) is 10.4 Å². The zero-order chi connectivity index (χ0) is 16.2. The van der Waals surface area contributed by atoms with Crippen LogP contribution in [-0.4, -0.2) is 11.7 Å². The van der Waals surface area contributed by atoms with Crippen LogP contribution in [0.3, 0.4) is 0 Å². The molecule has 1 aromatic carbocycles. The molecule has 0 aliphatic rings. The number of thiophene rings is 2. The standard InChI is InChI=1S/C18H15NO2S2/c1-12-3-2-4-13(9-12)18(21)19-10-15-5-6-16(23-15)17(20)14-7-8-22-11-14/h2-9,11H,10H2,1H3,(H,19,21). The van der Waals surface area contributed by atoms with Crippen LogP contribution in [0.15, 0.2) is 53.2 Å². The highest BCUT2D eigenvalue weighted by Gasteiger charge is 2.13. The maximum absolute atomic E-state index is 12.2. The number of nitrogens with one attached hydrogen (secondary N) is 1. The number of carbonyl (C=O) groups excluding carboxylic acids is 2. The molecule has 0 bridgehead atoms. The summed E-state index contributed by atoms with van der Waals surface area (Å²) in [5, 5.41) is 6.63. The number of carbonyl (C=O) groups is 2. The summed E-state index contributed by atoms with van der Waals surface area (Å²) in [4.78, 5) is 26.0. The monoisotopic (exact) mass is 341 g/mol. The lowest BCUT2D eigenvalue weighted by Gasteiger charge is -2.04. The molecule has 0 fully saturated rings. The molecule has 2 aromatic heterocycles. The molecule has 3 aromatic rings. The molecule has 0 unspecified atom stereocenters. The van der Waals surface area contributed by atoms with E-state index in [9.17, 15) is 9.59 Å². The van der Waals surface area contributed by atoms with Gasteiger partial charge in [-0.1, -0.05) is 17.7 Å². The van der Waals surface area contributed by atoms with Crippen LogP contribution in [0.1, 0.15) is 36.0 Å². The lowest BCUT2D eigenvalue weighted by Crippen LogP contribution is -2.22. The van der Waals surface area contributed by atoms with Gasteiger partial charge >= 0.3 is 0 Å². The van der Waals surface area contributed by atoms with Crippen molar-refractivity contribution in [3.63, 3.8) is 0 Å². The van der Waals surface area contributed by atoms with Gasteiger partial charge in [-0.3, -0.25) is 9.59 Å². The topological polar surface area (TPSA) is 46.2 Å². The summed E-state index contributed by atoms with van der Waals surface area (Å²) in [7, 11) is 0. The third-order valence-electron chi connectivity index (χ3n) is 3.37. The normalized spacial score (nSPS) is 10.5. The minimum absolute atomic E-state index is 0.0347. The molecule has 3 rings (SSSR count). The number of benzene rings is 1. The maximum atomic E-state index is 12.2. The number of rotatable bonds is 5. The van der Waals surface area contributed by atoms with Crippen molar-refractivity contribution in [1.29, 1.82) is 0 Å². The van der Waals surface area contributed by atoms with Crippen LogP contribution in [-0.2, 0) is 6.54 Å². The van der Waals surface area contributed by atoms with Crippen LogP contribution in [0.5, 0.6) is 0 Å². The summed E-state index contributed by atoms with van der Waals surface area (Å²) in [5.41, 5.74) is 2.42. The Labute approximate surface area is 142 Å². The van der Waals surface area contributed by atoms with Gasteiger partial charge in [0.2, 0.25) is 5.78 Å². The first kappa shape index (κ1) is 15.6. The van der Waals surface area contributed by atoms with Gasteiger partial charge in [0.25, 0.3) is 5.91 Å². The quantitative estimate of drug-likeness (QED) is 0.704. The van der Waals surface area contributed by atoms with Gasteiger partial charge in [-0.25, -0.2) is 0 Å². The molecular formula is C18H15NO2S2. The van der Waals surface area contributed by atoms with E-state index in [1.165, 1.54) is 22.7 Å². The van der Waals surface area contributed by atoms with Crippen LogP contribution in [0, 0.1) is 6.92 Å². The Hall–Kier alpha value is -2.24. The van der Waals surface area contributed by atoms with Gasteiger partial charge in [-0.2, -0.15) is 11.3 Å². The van der Waals surface area contributed by atoms with Gasteiger partial charge in [-0.05, 0) is 42.6 Å². The smallest absolute Gasteiger partial charge is 0.251 e. The van der Waals surface area contributed by atoms with Gasteiger partial charge in [0.1, 0.15) is 0 Å². The predicted octanol–water partition coefficient (Wildman–Crippen LogP) is 4.28. The first-order valence-electron chi connectivity index (χ1n) is 7.14. The van der Waals surface area contributed by atoms with Crippen molar-refractivity contribution < 1.29 is 9.59 Å². The van der Waals surface area contributed by atoms with E-state index in [0.29, 0.717) is 22.5 Å². The Balaban J connectivity index is 1.63. The molecule has 3 nitrogen and oxygen atoms in total. The number of aryl methyl sites for hydroxylation is 1. The van der Waals surface area contributed by atoms with E-state index in [4.69, 9.17) is 0 Å². The lowest BCUT2D eigenvalue weighted by atomic mass is 10.1. The number of hydrogen-bond donors (Lipinski definition) is 1. The minimum atomic E-state index is -0.104. The molecule has 116 valence electrons. The zero-order valence-electron chi connectivity index (χ0n) is 12.5. The van der Waals surface area contributed by atoms with E-state index in [2.05, 4.69) is 5.32 Å². The van der Waals surface area contributed by atoms with E-state index in [1.807, 2.05) is 54.1 Å². The molecule has 0 radical (unpaired) electrons. The molecule has 1 amide bonds. The first-order chi connectivity index (χ1) is 11.1. The molecule has 1 N–H and O–H groups in total. The molecule has 5 heteroatoms. The SMILES string of the molecule is Cc1cccc(C(=O)NCc2ccc(C(=O)c3ccsc3)s2)c1. The third-order valence-corrected chi connectivity index (χ3v) is 5.14. The molecular weight excluding hydrogens is 326 g/mol. The summed E-state index contributed by atoms with van der Waals surface area (Å²) in [6.45, 7) is 2.38. The summed E-state index contributed by atoms with van der Waals surface area (Å²) in [6, 6.07) is 13.0. The van der Waals surface area contributed by atoms with Gasteiger partial charge < -0.3 is 5.32 Å². The molecule has 0 spiro atoms. The fourth-order valence-corrected chi connectivity index (χ4v) is 3.73. The van der Waals surface area contributed by atoms with E-state index >= 15 is 0 Å². The Kier molecular flexibility index (Phi) is 4.69. The van der Waals surface area contributed by atoms with Gasteiger partial charge in [0.05, 0.1) is 11.4 Å². The van der Waals surface area contributed by atoms with Crippen LogP contribution >= 0.6 is 22.7 Å². The maximum Gasteiger partial charge on any atom is 0.251 e. The summed E-state index contributed by atoms with van der Waals surface area (Å²) in [6.07, 6.45) is 0. The molecule has 0 atom stereocenters.